The highest BCUT2D eigenvalue weighted by Gasteiger charge is 2.43. The molecular weight excluding hydrogens is 382 g/mol. The fourth-order valence-corrected chi connectivity index (χ4v) is 3.60. The SMILES string of the molecule is COC(=O)C1CCC(c2ccc(OCc3ccccc3)cc2)N1C(=O)OCC(C)C. The van der Waals surface area contributed by atoms with Gasteiger partial charge in [-0.3, -0.25) is 4.90 Å². The van der Waals surface area contributed by atoms with Gasteiger partial charge in [-0.15, -0.1) is 0 Å². The van der Waals surface area contributed by atoms with Crippen molar-refractivity contribution in [2.45, 2.75) is 45.4 Å². The van der Waals surface area contributed by atoms with Crippen LogP contribution in [0.4, 0.5) is 4.79 Å². The molecule has 0 saturated carbocycles. The Kier molecular flexibility index (Phi) is 7.33. The second kappa shape index (κ2) is 10.1. The van der Waals surface area contributed by atoms with E-state index in [4.69, 9.17) is 14.2 Å². The van der Waals surface area contributed by atoms with Crippen molar-refractivity contribution < 1.29 is 23.8 Å². The lowest BCUT2D eigenvalue weighted by Crippen LogP contribution is -2.43. The highest BCUT2D eigenvalue weighted by atomic mass is 16.6. The quantitative estimate of drug-likeness (QED) is 0.616. The third kappa shape index (κ3) is 5.32. The van der Waals surface area contributed by atoms with Crippen LogP contribution in [0.3, 0.4) is 0 Å². The lowest BCUT2D eigenvalue weighted by Gasteiger charge is -2.29. The number of nitrogens with zero attached hydrogens (tertiary/aromatic N) is 1. The molecule has 0 radical (unpaired) electrons. The topological polar surface area (TPSA) is 65.1 Å². The van der Waals surface area contributed by atoms with Gasteiger partial charge in [0.1, 0.15) is 18.4 Å². The number of methoxy groups -OCH3 is 1. The van der Waals surface area contributed by atoms with E-state index in [-0.39, 0.29) is 12.0 Å². The lowest BCUT2D eigenvalue weighted by atomic mass is 10.0. The molecule has 2 aromatic rings. The molecule has 1 aliphatic rings. The van der Waals surface area contributed by atoms with Gasteiger partial charge in [0.15, 0.2) is 0 Å². The predicted octanol–water partition coefficient (Wildman–Crippen LogP) is 4.74. The Morgan fingerprint density at radius 1 is 1.03 bits per heavy atom. The summed E-state index contributed by atoms with van der Waals surface area (Å²) in [5.74, 6) is 0.550. The monoisotopic (exact) mass is 411 g/mol. The molecule has 160 valence electrons. The van der Waals surface area contributed by atoms with E-state index >= 15 is 0 Å². The maximum absolute atomic E-state index is 12.8. The zero-order chi connectivity index (χ0) is 21.5. The Balaban J connectivity index is 1.71. The number of hydrogen-bond donors (Lipinski definition) is 0. The first-order chi connectivity index (χ1) is 14.5. The van der Waals surface area contributed by atoms with Crippen molar-refractivity contribution in [1.82, 2.24) is 4.90 Å². The molecule has 0 aromatic heterocycles. The minimum absolute atomic E-state index is 0.215. The molecule has 1 heterocycles. The first-order valence-corrected chi connectivity index (χ1v) is 10.3. The van der Waals surface area contributed by atoms with Crippen LogP contribution in [-0.2, 0) is 20.9 Å². The second-order valence-electron chi connectivity index (χ2n) is 7.85. The molecule has 2 unspecified atom stereocenters. The molecule has 0 spiro atoms. The molecule has 6 heteroatoms. The van der Waals surface area contributed by atoms with E-state index in [9.17, 15) is 9.59 Å². The molecule has 1 saturated heterocycles. The zero-order valence-corrected chi connectivity index (χ0v) is 17.7. The van der Waals surface area contributed by atoms with Gasteiger partial charge in [0, 0.05) is 0 Å². The summed E-state index contributed by atoms with van der Waals surface area (Å²) in [5.41, 5.74) is 2.03. The number of esters is 1. The molecule has 1 aliphatic heterocycles. The number of amides is 1. The van der Waals surface area contributed by atoms with Crippen molar-refractivity contribution in [2.75, 3.05) is 13.7 Å². The number of benzene rings is 2. The summed E-state index contributed by atoms with van der Waals surface area (Å²) in [6.45, 7) is 4.74. The van der Waals surface area contributed by atoms with E-state index in [0.717, 1.165) is 16.9 Å². The van der Waals surface area contributed by atoms with Gasteiger partial charge >= 0.3 is 12.1 Å². The number of likely N-dealkylation sites (tertiary alicyclic amines) is 1. The first kappa shape index (κ1) is 21.7. The first-order valence-electron chi connectivity index (χ1n) is 10.3. The lowest BCUT2D eigenvalue weighted by molar-refractivity contribution is -0.145. The maximum Gasteiger partial charge on any atom is 0.411 e. The molecule has 1 amide bonds. The van der Waals surface area contributed by atoms with Gasteiger partial charge in [-0.1, -0.05) is 56.3 Å². The van der Waals surface area contributed by atoms with Gasteiger partial charge in [0.2, 0.25) is 0 Å². The van der Waals surface area contributed by atoms with Crippen molar-refractivity contribution in [3.8, 4) is 5.75 Å². The van der Waals surface area contributed by atoms with Crippen LogP contribution in [0, 0.1) is 5.92 Å². The average molecular weight is 411 g/mol. The molecule has 1 fully saturated rings. The summed E-state index contributed by atoms with van der Waals surface area (Å²) >= 11 is 0. The van der Waals surface area contributed by atoms with E-state index in [1.807, 2.05) is 68.4 Å². The molecule has 2 atom stereocenters. The van der Waals surface area contributed by atoms with Gasteiger partial charge in [0.05, 0.1) is 19.8 Å². The zero-order valence-electron chi connectivity index (χ0n) is 17.7. The number of carbonyl (C=O) groups is 2. The second-order valence-corrected chi connectivity index (χ2v) is 7.85. The van der Waals surface area contributed by atoms with Crippen molar-refractivity contribution in [2.24, 2.45) is 5.92 Å². The Hall–Kier alpha value is -3.02. The molecule has 6 nitrogen and oxygen atoms in total. The summed E-state index contributed by atoms with van der Waals surface area (Å²) in [6, 6.07) is 16.7. The number of hydrogen-bond acceptors (Lipinski definition) is 5. The predicted molar refractivity (Wildman–Crippen MR) is 113 cm³/mol. The van der Waals surface area contributed by atoms with Gasteiger partial charge in [0.25, 0.3) is 0 Å². The van der Waals surface area contributed by atoms with Gasteiger partial charge in [-0.25, -0.2) is 9.59 Å². The molecule has 2 aromatic carbocycles. The van der Waals surface area contributed by atoms with Crippen LogP contribution in [0.25, 0.3) is 0 Å². The van der Waals surface area contributed by atoms with E-state index in [1.54, 1.807) is 0 Å². The Morgan fingerprint density at radius 3 is 2.37 bits per heavy atom. The smallest absolute Gasteiger partial charge is 0.411 e. The molecule has 3 rings (SSSR count). The van der Waals surface area contributed by atoms with Crippen LogP contribution in [0.15, 0.2) is 54.6 Å². The van der Waals surface area contributed by atoms with Crippen molar-refractivity contribution in [3.05, 3.63) is 65.7 Å². The average Bonchev–Trinajstić information content (AvgIpc) is 3.22. The van der Waals surface area contributed by atoms with Crippen LogP contribution in [0.1, 0.15) is 43.9 Å². The standard InChI is InChI=1S/C24H29NO5/c1-17(2)15-30-24(27)25-21(13-14-22(25)23(26)28-3)19-9-11-20(12-10-19)29-16-18-7-5-4-6-8-18/h4-12,17,21-22H,13-16H2,1-3H3. The minimum atomic E-state index is -0.631. The van der Waals surface area contributed by atoms with Gasteiger partial charge in [-0.05, 0) is 42.0 Å². The largest absolute Gasteiger partial charge is 0.489 e. The van der Waals surface area contributed by atoms with Crippen LogP contribution >= 0.6 is 0 Å². The third-order valence-corrected chi connectivity index (χ3v) is 5.12. The van der Waals surface area contributed by atoms with Crippen molar-refractivity contribution >= 4 is 12.1 Å². The van der Waals surface area contributed by atoms with Crippen LogP contribution in [0.5, 0.6) is 5.75 Å². The molecule has 0 N–H and O–H groups in total. The van der Waals surface area contributed by atoms with Crippen LogP contribution < -0.4 is 4.74 Å². The summed E-state index contributed by atoms with van der Waals surface area (Å²) in [6.07, 6.45) is 0.729. The highest BCUT2D eigenvalue weighted by molar-refractivity contribution is 5.82. The van der Waals surface area contributed by atoms with Crippen LogP contribution in [0.2, 0.25) is 0 Å². The van der Waals surface area contributed by atoms with Crippen LogP contribution in [-0.4, -0.2) is 36.7 Å². The van der Waals surface area contributed by atoms with Gasteiger partial charge in [-0.2, -0.15) is 0 Å². The normalized spacial score (nSPS) is 18.3. The van der Waals surface area contributed by atoms with E-state index in [2.05, 4.69) is 0 Å². The summed E-state index contributed by atoms with van der Waals surface area (Å²) in [5, 5.41) is 0. The summed E-state index contributed by atoms with van der Waals surface area (Å²) in [7, 11) is 1.34. The maximum atomic E-state index is 12.8. The summed E-state index contributed by atoms with van der Waals surface area (Å²) in [4.78, 5) is 26.5. The number of carbonyl (C=O) groups excluding carboxylic acids is 2. The fraction of sp³-hybridized carbons (Fsp3) is 0.417. The third-order valence-electron chi connectivity index (χ3n) is 5.12. The fourth-order valence-electron chi connectivity index (χ4n) is 3.60. The Labute approximate surface area is 177 Å². The number of ether oxygens (including phenoxy) is 3. The molecule has 30 heavy (non-hydrogen) atoms. The van der Waals surface area contributed by atoms with Crippen molar-refractivity contribution in [3.63, 3.8) is 0 Å². The Morgan fingerprint density at radius 2 is 1.73 bits per heavy atom. The van der Waals surface area contributed by atoms with E-state index < -0.39 is 18.1 Å². The Bertz CT molecular complexity index is 834. The van der Waals surface area contributed by atoms with E-state index in [0.29, 0.717) is 26.1 Å². The molecular formula is C24H29NO5. The minimum Gasteiger partial charge on any atom is -0.489 e. The molecule has 0 bridgehead atoms. The van der Waals surface area contributed by atoms with Crippen molar-refractivity contribution in [1.29, 1.82) is 0 Å². The van der Waals surface area contributed by atoms with E-state index in [1.165, 1.54) is 12.0 Å². The number of rotatable bonds is 7. The van der Waals surface area contributed by atoms with Gasteiger partial charge < -0.3 is 14.2 Å². The summed E-state index contributed by atoms with van der Waals surface area (Å²) < 4.78 is 16.2. The molecule has 0 aliphatic carbocycles. The highest BCUT2D eigenvalue weighted by Crippen LogP contribution is 2.37.